The normalized spacial score (nSPS) is 14.6. The maximum atomic E-state index is 2.34. The molecule has 0 saturated heterocycles. The summed E-state index contributed by atoms with van der Waals surface area (Å²) in [6.07, 6.45) is 4.68. The van der Waals surface area contributed by atoms with Crippen LogP contribution in [0.5, 0.6) is 0 Å². The monoisotopic (exact) mass is 169 g/mol. The van der Waals surface area contributed by atoms with Crippen LogP contribution in [-0.4, -0.2) is 18.5 Å². The molecule has 0 aliphatic heterocycles. The second-order valence-corrected chi connectivity index (χ2v) is 3.65. The number of allylic oxidation sites excluding steroid dienone is 2. The minimum atomic E-state index is 0.801. The molecule has 0 heterocycles. The molecule has 12 heavy (non-hydrogen) atoms. The largest absolute Gasteiger partial charge is 0.378 e. The lowest BCUT2D eigenvalue weighted by molar-refractivity contribution is 0.341. The molecule has 0 aliphatic carbocycles. The summed E-state index contributed by atoms with van der Waals surface area (Å²) in [6.45, 7) is 10.1. The molecule has 0 fully saturated rings. The van der Waals surface area contributed by atoms with E-state index >= 15 is 0 Å². The summed E-state index contributed by atoms with van der Waals surface area (Å²) in [5.41, 5.74) is 1.40. The van der Waals surface area contributed by atoms with Crippen LogP contribution < -0.4 is 0 Å². The molecule has 0 radical (unpaired) electrons. The van der Waals surface area contributed by atoms with Crippen LogP contribution in [0.3, 0.4) is 0 Å². The van der Waals surface area contributed by atoms with Crippen molar-refractivity contribution in [2.24, 2.45) is 5.92 Å². The molecule has 1 unspecified atom stereocenters. The van der Waals surface area contributed by atoms with Gasteiger partial charge in [-0.3, -0.25) is 0 Å². The summed E-state index contributed by atoms with van der Waals surface area (Å²) < 4.78 is 0. The Balaban J connectivity index is 3.86. The maximum absolute atomic E-state index is 2.34. The van der Waals surface area contributed by atoms with E-state index < -0.39 is 0 Å². The predicted molar refractivity (Wildman–Crippen MR) is 56.1 cm³/mol. The van der Waals surface area contributed by atoms with E-state index in [0.29, 0.717) is 0 Å². The first kappa shape index (κ1) is 11.5. The molecule has 1 heteroatoms. The number of nitrogens with zero attached hydrogens (tertiary/aromatic N) is 1. The van der Waals surface area contributed by atoms with Crippen molar-refractivity contribution in [3.8, 4) is 0 Å². The van der Waals surface area contributed by atoms with Crippen LogP contribution in [0.4, 0.5) is 0 Å². The van der Waals surface area contributed by atoms with Gasteiger partial charge in [0.25, 0.3) is 0 Å². The highest BCUT2D eigenvalue weighted by Crippen LogP contribution is 2.08. The molecule has 0 aromatic carbocycles. The van der Waals surface area contributed by atoms with E-state index in [4.69, 9.17) is 0 Å². The molecule has 0 saturated carbocycles. The average Bonchev–Trinajstić information content (AvgIpc) is 2.04. The highest BCUT2D eigenvalue weighted by molar-refractivity contribution is 4.95. The van der Waals surface area contributed by atoms with Crippen molar-refractivity contribution in [1.29, 1.82) is 0 Å². The number of rotatable bonds is 5. The molecule has 0 amide bonds. The van der Waals surface area contributed by atoms with Gasteiger partial charge in [0.05, 0.1) is 0 Å². The minimum absolute atomic E-state index is 0.801. The Morgan fingerprint density at radius 1 is 1.42 bits per heavy atom. The minimum Gasteiger partial charge on any atom is -0.378 e. The van der Waals surface area contributed by atoms with E-state index in [-0.39, 0.29) is 0 Å². The quantitative estimate of drug-likeness (QED) is 0.610. The molecule has 0 bridgehead atoms. The van der Waals surface area contributed by atoms with Gasteiger partial charge >= 0.3 is 0 Å². The van der Waals surface area contributed by atoms with Crippen molar-refractivity contribution in [3.63, 3.8) is 0 Å². The predicted octanol–water partition coefficient (Wildman–Crippen LogP) is 3.28. The molecule has 1 atom stereocenters. The topological polar surface area (TPSA) is 3.24 Å². The summed E-state index contributed by atoms with van der Waals surface area (Å²) in [5, 5.41) is 0. The summed E-state index contributed by atoms with van der Waals surface area (Å²) in [7, 11) is 2.17. The molecule has 0 rings (SSSR count). The third kappa shape index (κ3) is 4.42. The van der Waals surface area contributed by atoms with E-state index in [9.17, 15) is 0 Å². The molecule has 1 nitrogen and oxygen atoms in total. The lowest BCUT2D eigenvalue weighted by atomic mass is 10.1. The smallest absolute Gasteiger partial charge is 0.0197 e. The van der Waals surface area contributed by atoms with Crippen LogP contribution in [0.2, 0.25) is 0 Å². The van der Waals surface area contributed by atoms with Gasteiger partial charge in [-0.15, -0.1) is 0 Å². The second kappa shape index (κ2) is 6.10. The Labute approximate surface area is 77.5 Å². The first-order valence-electron chi connectivity index (χ1n) is 4.99. The molecular formula is C11H23N. The Hall–Kier alpha value is -0.460. The van der Waals surface area contributed by atoms with Crippen LogP contribution in [0.1, 0.15) is 40.5 Å². The lowest BCUT2D eigenvalue weighted by Crippen LogP contribution is -2.22. The SMILES string of the molecule is CC/C=C(/C)N(C)CC(C)CC. The highest BCUT2D eigenvalue weighted by atomic mass is 15.1. The summed E-state index contributed by atoms with van der Waals surface area (Å²) in [6, 6.07) is 0. The van der Waals surface area contributed by atoms with Gasteiger partial charge < -0.3 is 4.90 Å². The molecule has 72 valence electrons. The Morgan fingerprint density at radius 2 is 2.00 bits per heavy atom. The molecule has 0 aliphatic rings. The van der Waals surface area contributed by atoms with Crippen LogP contribution in [-0.2, 0) is 0 Å². The lowest BCUT2D eigenvalue weighted by Gasteiger charge is -2.23. The van der Waals surface area contributed by atoms with Gasteiger partial charge in [-0.05, 0) is 19.3 Å². The Kier molecular flexibility index (Phi) is 5.87. The van der Waals surface area contributed by atoms with Crippen molar-refractivity contribution < 1.29 is 0 Å². The molecule has 0 spiro atoms. The zero-order chi connectivity index (χ0) is 9.56. The Morgan fingerprint density at radius 3 is 2.42 bits per heavy atom. The third-order valence-electron chi connectivity index (χ3n) is 2.38. The third-order valence-corrected chi connectivity index (χ3v) is 2.38. The van der Waals surface area contributed by atoms with Crippen LogP contribution in [0.15, 0.2) is 11.8 Å². The van der Waals surface area contributed by atoms with Crippen molar-refractivity contribution >= 4 is 0 Å². The van der Waals surface area contributed by atoms with Crippen LogP contribution in [0.25, 0.3) is 0 Å². The number of hydrogen-bond acceptors (Lipinski definition) is 1. The van der Waals surface area contributed by atoms with Crippen LogP contribution >= 0.6 is 0 Å². The fourth-order valence-corrected chi connectivity index (χ4v) is 1.19. The van der Waals surface area contributed by atoms with Gasteiger partial charge in [0, 0.05) is 19.3 Å². The zero-order valence-corrected chi connectivity index (χ0v) is 9.22. The van der Waals surface area contributed by atoms with Gasteiger partial charge in [-0.1, -0.05) is 33.3 Å². The van der Waals surface area contributed by atoms with Crippen molar-refractivity contribution in [3.05, 3.63) is 11.8 Å². The van der Waals surface area contributed by atoms with Crippen molar-refractivity contribution in [1.82, 2.24) is 4.90 Å². The van der Waals surface area contributed by atoms with Gasteiger partial charge in [0.1, 0.15) is 0 Å². The Bertz CT molecular complexity index is 138. The molecule has 0 aromatic heterocycles. The summed E-state index contributed by atoms with van der Waals surface area (Å²) in [5.74, 6) is 0.801. The summed E-state index contributed by atoms with van der Waals surface area (Å²) >= 11 is 0. The average molecular weight is 169 g/mol. The molecule has 0 aromatic rings. The van der Waals surface area contributed by atoms with E-state index in [1.54, 1.807) is 0 Å². The van der Waals surface area contributed by atoms with Crippen molar-refractivity contribution in [2.75, 3.05) is 13.6 Å². The highest BCUT2D eigenvalue weighted by Gasteiger charge is 2.03. The molecule has 0 N–H and O–H groups in total. The molecular weight excluding hydrogens is 146 g/mol. The summed E-state index contributed by atoms with van der Waals surface area (Å²) in [4.78, 5) is 2.34. The number of hydrogen-bond donors (Lipinski definition) is 0. The van der Waals surface area contributed by atoms with Gasteiger partial charge in [0.15, 0.2) is 0 Å². The standard InChI is InChI=1S/C11H23N/c1-6-8-11(4)12(5)9-10(3)7-2/h8,10H,6-7,9H2,1-5H3/b11-8-. The second-order valence-electron chi connectivity index (χ2n) is 3.65. The fourth-order valence-electron chi connectivity index (χ4n) is 1.19. The van der Waals surface area contributed by atoms with Crippen LogP contribution in [0, 0.1) is 5.92 Å². The first-order chi connectivity index (χ1) is 5.61. The van der Waals surface area contributed by atoms with E-state index in [1.165, 1.54) is 18.7 Å². The van der Waals surface area contributed by atoms with E-state index in [2.05, 4.69) is 45.7 Å². The zero-order valence-electron chi connectivity index (χ0n) is 9.22. The first-order valence-corrected chi connectivity index (χ1v) is 4.99. The van der Waals surface area contributed by atoms with E-state index in [0.717, 1.165) is 12.3 Å². The van der Waals surface area contributed by atoms with Crippen molar-refractivity contribution in [2.45, 2.75) is 40.5 Å². The van der Waals surface area contributed by atoms with Gasteiger partial charge in [-0.25, -0.2) is 0 Å². The van der Waals surface area contributed by atoms with Gasteiger partial charge in [-0.2, -0.15) is 0 Å². The fraction of sp³-hybridized carbons (Fsp3) is 0.818. The maximum Gasteiger partial charge on any atom is 0.0197 e. The van der Waals surface area contributed by atoms with Gasteiger partial charge in [0.2, 0.25) is 0 Å². The van der Waals surface area contributed by atoms with E-state index in [1.807, 2.05) is 0 Å².